The van der Waals surface area contributed by atoms with Crippen molar-refractivity contribution in [3.63, 3.8) is 0 Å². The molecule has 1 radical (unpaired) electrons. The molecule has 0 aliphatic rings. The molecule has 0 aliphatic carbocycles. The Morgan fingerprint density at radius 1 is 0.306 bits per heavy atom. The molecule has 0 aromatic rings. The lowest BCUT2D eigenvalue weighted by Gasteiger charge is -2.28. The van der Waals surface area contributed by atoms with Gasteiger partial charge in [-0.05, 0) is 0 Å². The van der Waals surface area contributed by atoms with Crippen LogP contribution < -0.4 is 0 Å². The first-order chi connectivity index (χ1) is 17.7. The van der Waals surface area contributed by atoms with Crippen LogP contribution in [0, 0.1) is 6.92 Å². The van der Waals surface area contributed by atoms with Crippen LogP contribution in [0.5, 0.6) is 0 Å². The van der Waals surface area contributed by atoms with Crippen LogP contribution in [0.15, 0.2) is 0 Å². The third-order valence-corrected chi connectivity index (χ3v) is 15.4. The highest BCUT2D eigenvalue weighted by Gasteiger charge is 2.25. The van der Waals surface area contributed by atoms with Crippen LogP contribution in [-0.4, -0.2) is 8.07 Å². The lowest BCUT2D eigenvalue weighted by molar-refractivity contribution is 0.515. The summed E-state index contributed by atoms with van der Waals surface area (Å²) >= 11 is 0. The van der Waals surface area contributed by atoms with Gasteiger partial charge in [-0.15, -0.1) is 0 Å². The van der Waals surface area contributed by atoms with Crippen molar-refractivity contribution in [1.29, 1.82) is 0 Å². The normalized spacial score (nSPS) is 12.0. The van der Waals surface area contributed by atoms with Gasteiger partial charge in [-0.3, -0.25) is 0 Å². The first kappa shape index (κ1) is 36.2. The molecule has 0 aliphatic heterocycles. The van der Waals surface area contributed by atoms with Crippen molar-refractivity contribution in [2.75, 3.05) is 0 Å². The van der Waals surface area contributed by atoms with Crippen LogP contribution in [0.4, 0.5) is 0 Å². The Bertz CT molecular complexity index is 378. The second-order valence-electron chi connectivity index (χ2n) is 12.4. The van der Waals surface area contributed by atoms with E-state index in [-0.39, 0.29) is 0 Å². The first-order valence-corrected chi connectivity index (χ1v) is 20.4. The molecular weight excluding hydrogens is 448 g/mol. The summed E-state index contributed by atoms with van der Waals surface area (Å²) in [6.45, 7) is 11.3. The minimum absolute atomic E-state index is 0.840. The molecule has 0 saturated carbocycles. The fourth-order valence-corrected chi connectivity index (χ4v) is 9.76. The molecule has 0 unspecified atom stereocenters. The third-order valence-electron chi connectivity index (χ3n) is 9.46. The van der Waals surface area contributed by atoms with Crippen LogP contribution in [0.25, 0.3) is 0 Å². The molecular formula is C35H73Si. The molecule has 0 bridgehead atoms. The fourth-order valence-electron chi connectivity index (χ4n) is 6.20. The molecule has 0 fully saturated rings. The van der Waals surface area contributed by atoms with Crippen LogP contribution in [0.1, 0.15) is 194 Å². The summed E-state index contributed by atoms with van der Waals surface area (Å²) in [7, 11) is -0.840. The number of hydrogen-bond donors (Lipinski definition) is 0. The van der Waals surface area contributed by atoms with E-state index in [0.717, 1.165) is 6.42 Å². The van der Waals surface area contributed by atoms with Crippen LogP contribution in [0.3, 0.4) is 0 Å². The van der Waals surface area contributed by atoms with Gasteiger partial charge < -0.3 is 0 Å². The summed E-state index contributed by atoms with van der Waals surface area (Å²) in [5.74, 6) is 0. The molecule has 217 valence electrons. The molecule has 0 saturated heterocycles. The lowest BCUT2D eigenvalue weighted by atomic mass is 10.0. The van der Waals surface area contributed by atoms with E-state index in [2.05, 4.69) is 27.7 Å². The second-order valence-corrected chi connectivity index (χ2v) is 18.0. The monoisotopic (exact) mass is 522 g/mol. The first-order valence-electron chi connectivity index (χ1n) is 17.5. The highest BCUT2D eigenvalue weighted by atomic mass is 28.3. The molecule has 1 heteroatoms. The van der Waals surface area contributed by atoms with Gasteiger partial charge in [0, 0.05) is 0 Å². The zero-order valence-corrected chi connectivity index (χ0v) is 27.1. The Morgan fingerprint density at radius 2 is 0.500 bits per heavy atom. The fraction of sp³-hybridized carbons (Fsp3) is 0.971. The molecule has 0 N–H and O–H groups in total. The van der Waals surface area contributed by atoms with E-state index in [4.69, 9.17) is 0 Å². The van der Waals surface area contributed by atoms with E-state index >= 15 is 0 Å². The van der Waals surface area contributed by atoms with E-state index in [0.29, 0.717) is 0 Å². The van der Waals surface area contributed by atoms with E-state index < -0.39 is 8.07 Å². The minimum atomic E-state index is -0.840. The Kier molecular flexibility index (Phi) is 29.9. The topological polar surface area (TPSA) is 0 Å². The molecule has 0 atom stereocenters. The van der Waals surface area contributed by atoms with Gasteiger partial charge in [-0.2, -0.15) is 0 Å². The molecule has 0 nitrogen and oxygen atoms in total. The molecule has 0 aromatic carbocycles. The molecule has 0 amide bonds. The number of hydrogen-bond acceptors (Lipinski definition) is 0. The van der Waals surface area contributed by atoms with Gasteiger partial charge >= 0.3 is 0 Å². The van der Waals surface area contributed by atoms with Crippen molar-refractivity contribution >= 4 is 8.07 Å². The van der Waals surface area contributed by atoms with Crippen molar-refractivity contribution in [2.24, 2.45) is 0 Å². The number of unbranched alkanes of at least 4 members (excludes halogenated alkanes) is 26. The molecule has 0 spiro atoms. The van der Waals surface area contributed by atoms with Gasteiger partial charge in [-0.25, -0.2) is 0 Å². The SMILES string of the molecule is [CH2]CCCCCCCCCCCCCCCCCCCCCCCCCCCC[Si](CC)(CC)CC. The van der Waals surface area contributed by atoms with Crippen LogP contribution in [-0.2, 0) is 0 Å². The maximum Gasteiger partial charge on any atom is 0.0527 e. The maximum atomic E-state index is 3.93. The summed E-state index contributed by atoms with van der Waals surface area (Å²) in [4.78, 5) is 0. The molecule has 0 rings (SSSR count). The zero-order valence-electron chi connectivity index (χ0n) is 26.1. The van der Waals surface area contributed by atoms with Gasteiger partial charge in [0.1, 0.15) is 0 Å². The van der Waals surface area contributed by atoms with Crippen molar-refractivity contribution in [1.82, 2.24) is 0 Å². The van der Waals surface area contributed by atoms with Gasteiger partial charge in [0.25, 0.3) is 0 Å². The smallest absolute Gasteiger partial charge is 0.0527 e. The number of rotatable bonds is 31. The predicted molar refractivity (Wildman–Crippen MR) is 172 cm³/mol. The van der Waals surface area contributed by atoms with E-state index in [9.17, 15) is 0 Å². The summed E-state index contributed by atoms with van der Waals surface area (Å²) in [6, 6.07) is 6.14. The van der Waals surface area contributed by atoms with E-state index in [1.807, 2.05) is 0 Å². The minimum Gasteiger partial charge on any atom is -0.0678 e. The van der Waals surface area contributed by atoms with E-state index in [1.54, 1.807) is 6.04 Å². The average Bonchev–Trinajstić information content (AvgIpc) is 2.91. The Balaban J connectivity index is 3.13. The summed E-state index contributed by atoms with van der Waals surface area (Å²) in [6.07, 6.45) is 39.6. The summed E-state index contributed by atoms with van der Waals surface area (Å²) < 4.78 is 0. The highest BCUT2D eigenvalue weighted by molar-refractivity contribution is 6.79. The van der Waals surface area contributed by atoms with Crippen molar-refractivity contribution < 1.29 is 0 Å². The summed E-state index contributed by atoms with van der Waals surface area (Å²) in [5.41, 5.74) is 0. The van der Waals surface area contributed by atoms with Crippen molar-refractivity contribution in [2.45, 2.75) is 218 Å². The lowest BCUT2D eigenvalue weighted by Crippen LogP contribution is -2.30. The Morgan fingerprint density at radius 3 is 0.694 bits per heavy atom. The van der Waals surface area contributed by atoms with Gasteiger partial charge in [-0.1, -0.05) is 225 Å². The zero-order chi connectivity index (χ0) is 26.4. The largest absolute Gasteiger partial charge is 0.0678 e. The summed E-state index contributed by atoms with van der Waals surface area (Å²) in [5, 5.41) is 0. The Hall–Kier alpha value is 0.217. The maximum absolute atomic E-state index is 3.93. The molecule has 0 heterocycles. The van der Waals surface area contributed by atoms with Crippen LogP contribution >= 0.6 is 0 Å². The van der Waals surface area contributed by atoms with Gasteiger partial charge in [0.2, 0.25) is 0 Å². The molecule has 36 heavy (non-hydrogen) atoms. The van der Waals surface area contributed by atoms with Crippen molar-refractivity contribution in [3.8, 4) is 0 Å². The third kappa shape index (κ3) is 24.5. The highest BCUT2D eigenvalue weighted by Crippen LogP contribution is 2.27. The van der Waals surface area contributed by atoms with Crippen LogP contribution in [0.2, 0.25) is 24.2 Å². The second kappa shape index (κ2) is 29.8. The predicted octanol–water partition coefficient (Wildman–Crippen LogP) is 13.9. The Labute approximate surface area is 233 Å². The standard InChI is InChI=1S/C35H73Si/c1-5-9-10-11-12-13-14-15-16-17-18-19-20-21-22-23-24-25-26-27-28-29-30-31-32-33-34-35-36(6-2,7-3)8-4/h1,5-35H2,2-4H3. The van der Waals surface area contributed by atoms with Gasteiger partial charge in [0.05, 0.1) is 8.07 Å². The average molecular weight is 522 g/mol. The molecule has 0 aromatic heterocycles. The van der Waals surface area contributed by atoms with Crippen molar-refractivity contribution in [3.05, 3.63) is 6.92 Å². The van der Waals surface area contributed by atoms with Gasteiger partial charge in [0.15, 0.2) is 0 Å². The quantitative estimate of drug-likeness (QED) is 0.0628. The van der Waals surface area contributed by atoms with E-state index in [1.165, 1.54) is 185 Å².